The van der Waals surface area contributed by atoms with Crippen molar-refractivity contribution in [2.75, 3.05) is 0 Å². The van der Waals surface area contributed by atoms with Crippen LogP contribution in [0.4, 0.5) is 4.39 Å². The molecule has 0 amide bonds. The van der Waals surface area contributed by atoms with E-state index in [2.05, 4.69) is 15.9 Å². The molecule has 0 radical (unpaired) electrons. The summed E-state index contributed by atoms with van der Waals surface area (Å²) in [5.41, 5.74) is 2.20. The van der Waals surface area contributed by atoms with Crippen LogP contribution in [0, 0.1) is 12.7 Å². The van der Waals surface area contributed by atoms with Crippen molar-refractivity contribution in [1.29, 1.82) is 0 Å². The molecule has 60 valence electrons. The van der Waals surface area contributed by atoms with Crippen LogP contribution in [0.25, 0.3) is 0 Å². The van der Waals surface area contributed by atoms with Gasteiger partial charge in [0, 0.05) is 0 Å². The van der Waals surface area contributed by atoms with Gasteiger partial charge in [0.2, 0.25) is 0 Å². The van der Waals surface area contributed by atoms with Gasteiger partial charge in [-0.1, -0.05) is 13.0 Å². The molecule has 0 aliphatic heterocycles. The molecule has 0 aliphatic carbocycles. The van der Waals surface area contributed by atoms with Gasteiger partial charge in [-0.25, -0.2) is 4.39 Å². The minimum absolute atomic E-state index is 0.174. The zero-order chi connectivity index (χ0) is 8.43. The molecule has 1 aromatic rings. The maximum absolute atomic E-state index is 12.9. The first-order valence-electron chi connectivity index (χ1n) is 3.60. The maximum atomic E-state index is 12.9. The van der Waals surface area contributed by atoms with Crippen LogP contribution in [0.1, 0.15) is 18.1 Å². The van der Waals surface area contributed by atoms with Gasteiger partial charge in [0.15, 0.2) is 0 Å². The Labute approximate surface area is 74.6 Å². The topological polar surface area (TPSA) is 0 Å². The van der Waals surface area contributed by atoms with E-state index in [1.807, 2.05) is 13.8 Å². The minimum Gasteiger partial charge on any atom is -0.206 e. The summed E-state index contributed by atoms with van der Waals surface area (Å²) in [6.07, 6.45) is 0.865. The molecule has 0 saturated heterocycles. The summed E-state index contributed by atoms with van der Waals surface area (Å²) < 4.78 is 13.5. The Hall–Kier alpha value is -0.370. The fourth-order valence-electron chi connectivity index (χ4n) is 1.12. The molecule has 0 bridgehead atoms. The van der Waals surface area contributed by atoms with E-state index in [-0.39, 0.29) is 5.82 Å². The van der Waals surface area contributed by atoms with Gasteiger partial charge in [0.1, 0.15) is 5.82 Å². The highest BCUT2D eigenvalue weighted by atomic mass is 79.9. The maximum Gasteiger partial charge on any atom is 0.137 e. The summed E-state index contributed by atoms with van der Waals surface area (Å²) in [6, 6.07) is 3.29. The first-order valence-corrected chi connectivity index (χ1v) is 4.39. The molecule has 2 heteroatoms. The van der Waals surface area contributed by atoms with E-state index in [9.17, 15) is 4.39 Å². The number of rotatable bonds is 1. The Bertz CT molecular complexity index is 269. The SMILES string of the molecule is CCc1c(C)ccc(F)c1Br. The predicted octanol–water partition coefficient (Wildman–Crippen LogP) is 3.46. The van der Waals surface area contributed by atoms with Crippen molar-refractivity contribution in [3.05, 3.63) is 33.5 Å². The lowest BCUT2D eigenvalue weighted by Crippen LogP contribution is -1.90. The zero-order valence-corrected chi connectivity index (χ0v) is 8.20. The smallest absolute Gasteiger partial charge is 0.137 e. The Balaban J connectivity index is 3.29. The highest BCUT2D eigenvalue weighted by Gasteiger charge is 2.05. The van der Waals surface area contributed by atoms with Crippen LogP contribution in [0.15, 0.2) is 16.6 Å². The van der Waals surface area contributed by atoms with Crippen LogP contribution in [0.3, 0.4) is 0 Å². The van der Waals surface area contributed by atoms with Crippen molar-refractivity contribution in [1.82, 2.24) is 0 Å². The summed E-state index contributed by atoms with van der Waals surface area (Å²) >= 11 is 3.22. The van der Waals surface area contributed by atoms with Gasteiger partial charge in [-0.3, -0.25) is 0 Å². The molecule has 0 heterocycles. The Kier molecular flexibility index (Phi) is 2.66. The predicted molar refractivity (Wildman–Crippen MR) is 48.2 cm³/mol. The van der Waals surface area contributed by atoms with Gasteiger partial charge < -0.3 is 0 Å². The fourth-order valence-corrected chi connectivity index (χ4v) is 1.85. The minimum atomic E-state index is -0.174. The molecule has 0 N–H and O–H groups in total. The van der Waals surface area contributed by atoms with E-state index >= 15 is 0 Å². The first-order chi connectivity index (χ1) is 5.16. The quantitative estimate of drug-likeness (QED) is 0.675. The second-order valence-corrected chi connectivity index (χ2v) is 3.30. The Morgan fingerprint density at radius 3 is 2.55 bits per heavy atom. The normalized spacial score (nSPS) is 10.2. The lowest BCUT2D eigenvalue weighted by atomic mass is 10.1. The molecule has 0 atom stereocenters. The number of benzene rings is 1. The molecule has 1 rings (SSSR count). The zero-order valence-electron chi connectivity index (χ0n) is 6.62. The Morgan fingerprint density at radius 2 is 2.09 bits per heavy atom. The molecule has 0 nitrogen and oxygen atoms in total. The standard InChI is InChI=1S/C9H10BrF/c1-3-7-6(2)4-5-8(11)9(7)10/h4-5H,3H2,1-2H3. The van der Waals surface area contributed by atoms with Gasteiger partial charge >= 0.3 is 0 Å². The number of hydrogen-bond acceptors (Lipinski definition) is 0. The lowest BCUT2D eigenvalue weighted by Gasteiger charge is -2.05. The van der Waals surface area contributed by atoms with E-state index in [0.29, 0.717) is 4.47 Å². The fraction of sp³-hybridized carbons (Fsp3) is 0.333. The summed E-state index contributed by atoms with van der Waals surface area (Å²) in [6.45, 7) is 4.01. The van der Waals surface area contributed by atoms with E-state index in [1.54, 1.807) is 6.07 Å². The van der Waals surface area contributed by atoms with Gasteiger partial charge in [0.05, 0.1) is 4.47 Å². The van der Waals surface area contributed by atoms with Crippen LogP contribution < -0.4 is 0 Å². The first kappa shape index (κ1) is 8.72. The van der Waals surface area contributed by atoms with Gasteiger partial charge in [0.25, 0.3) is 0 Å². The van der Waals surface area contributed by atoms with E-state index in [0.717, 1.165) is 17.5 Å². The lowest BCUT2D eigenvalue weighted by molar-refractivity contribution is 0.617. The molecular formula is C9H10BrF. The molecule has 0 aliphatic rings. The van der Waals surface area contributed by atoms with Crippen LogP contribution in [-0.4, -0.2) is 0 Å². The molecule has 11 heavy (non-hydrogen) atoms. The van der Waals surface area contributed by atoms with Gasteiger partial charge in [-0.2, -0.15) is 0 Å². The monoisotopic (exact) mass is 216 g/mol. The third kappa shape index (κ3) is 1.62. The van der Waals surface area contributed by atoms with E-state index in [4.69, 9.17) is 0 Å². The molecule has 0 fully saturated rings. The largest absolute Gasteiger partial charge is 0.206 e. The van der Waals surface area contributed by atoms with Gasteiger partial charge in [-0.05, 0) is 46.5 Å². The third-order valence-electron chi connectivity index (χ3n) is 1.78. The van der Waals surface area contributed by atoms with Crippen LogP contribution in [0.2, 0.25) is 0 Å². The molecule has 0 aromatic heterocycles. The summed E-state index contributed by atoms with van der Waals surface area (Å²) in [5.74, 6) is -0.174. The molecule has 0 spiro atoms. The summed E-state index contributed by atoms with van der Waals surface area (Å²) in [7, 11) is 0. The van der Waals surface area contributed by atoms with E-state index in [1.165, 1.54) is 6.07 Å². The Morgan fingerprint density at radius 1 is 1.45 bits per heavy atom. The highest BCUT2D eigenvalue weighted by molar-refractivity contribution is 9.10. The van der Waals surface area contributed by atoms with Crippen LogP contribution >= 0.6 is 15.9 Å². The van der Waals surface area contributed by atoms with Crippen molar-refractivity contribution < 1.29 is 4.39 Å². The summed E-state index contributed by atoms with van der Waals surface area (Å²) in [4.78, 5) is 0. The summed E-state index contributed by atoms with van der Waals surface area (Å²) in [5, 5.41) is 0. The average molecular weight is 217 g/mol. The van der Waals surface area contributed by atoms with Crippen molar-refractivity contribution in [3.8, 4) is 0 Å². The van der Waals surface area contributed by atoms with Crippen molar-refractivity contribution in [2.45, 2.75) is 20.3 Å². The van der Waals surface area contributed by atoms with E-state index < -0.39 is 0 Å². The van der Waals surface area contributed by atoms with Gasteiger partial charge in [-0.15, -0.1) is 0 Å². The average Bonchev–Trinajstić information content (AvgIpc) is 1.99. The molecule has 1 aromatic carbocycles. The van der Waals surface area contributed by atoms with Crippen molar-refractivity contribution >= 4 is 15.9 Å². The third-order valence-corrected chi connectivity index (χ3v) is 2.64. The van der Waals surface area contributed by atoms with Crippen molar-refractivity contribution in [2.24, 2.45) is 0 Å². The molecule has 0 unspecified atom stereocenters. The molecule has 0 saturated carbocycles. The number of halogens is 2. The number of aryl methyl sites for hydroxylation is 1. The van der Waals surface area contributed by atoms with Crippen LogP contribution in [0.5, 0.6) is 0 Å². The second-order valence-electron chi connectivity index (χ2n) is 2.51. The van der Waals surface area contributed by atoms with Crippen molar-refractivity contribution in [3.63, 3.8) is 0 Å². The number of hydrogen-bond donors (Lipinski definition) is 0. The second kappa shape index (κ2) is 3.35. The molecular weight excluding hydrogens is 207 g/mol. The highest BCUT2D eigenvalue weighted by Crippen LogP contribution is 2.23. The van der Waals surface area contributed by atoms with Crippen LogP contribution in [-0.2, 0) is 6.42 Å².